The van der Waals surface area contributed by atoms with E-state index in [4.69, 9.17) is 0 Å². The van der Waals surface area contributed by atoms with Gasteiger partial charge in [0.1, 0.15) is 11.3 Å². The predicted molar refractivity (Wildman–Crippen MR) is 70.5 cm³/mol. The summed E-state index contributed by atoms with van der Waals surface area (Å²) in [6, 6.07) is 3.71. The Morgan fingerprint density at radius 2 is 2.05 bits per heavy atom. The summed E-state index contributed by atoms with van der Waals surface area (Å²) in [4.78, 5) is 12.1. The highest BCUT2D eigenvalue weighted by atomic mass is 32.1. The van der Waals surface area contributed by atoms with Crippen molar-refractivity contribution in [1.82, 2.24) is 19.8 Å². The first-order valence-electron chi connectivity index (χ1n) is 5.58. The van der Waals surface area contributed by atoms with Gasteiger partial charge >= 0.3 is 5.97 Å². The van der Waals surface area contributed by atoms with E-state index in [0.29, 0.717) is 21.1 Å². The van der Waals surface area contributed by atoms with Gasteiger partial charge in [-0.2, -0.15) is 9.61 Å². The van der Waals surface area contributed by atoms with Gasteiger partial charge in [0.25, 0.3) is 0 Å². The molecule has 3 aromatic rings. The van der Waals surface area contributed by atoms with Crippen molar-refractivity contribution in [3.05, 3.63) is 35.2 Å². The van der Waals surface area contributed by atoms with Crippen molar-refractivity contribution in [3.8, 4) is 10.6 Å². The van der Waals surface area contributed by atoms with E-state index >= 15 is 0 Å². The molecule has 1 aromatic carbocycles. The minimum atomic E-state index is -0.942. The van der Waals surface area contributed by atoms with Crippen molar-refractivity contribution in [3.63, 3.8) is 0 Å². The Hall–Kier alpha value is -2.28. The van der Waals surface area contributed by atoms with Crippen LogP contribution in [0.15, 0.2) is 18.5 Å². The van der Waals surface area contributed by atoms with Crippen LogP contribution in [-0.2, 0) is 0 Å². The number of hydrogen-bond donors (Lipinski definition) is 1. The molecule has 1 N–H and O–H groups in total. The Morgan fingerprint density at radius 1 is 1.32 bits per heavy atom. The molecule has 96 valence electrons. The lowest BCUT2D eigenvalue weighted by atomic mass is 9.98. The van der Waals surface area contributed by atoms with Crippen LogP contribution in [0.2, 0.25) is 0 Å². The van der Waals surface area contributed by atoms with E-state index in [1.165, 1.54) is 17.7 Å². The van der Waals surface area contributed by atoms with Crippen LogP contribution in [0.4, 0.5) is 0 Å². The van der Waals surface area contributed by atoms with Gasteiger partial charge in [-0.05, 0) is 25.0 Å². The van der Waals surface area contributed by atoms with Gasteiger partial charge in [0, 0.05) is 5.56 Å². The van der Waals surface area contributed by atoms with Crippen molar-refractivity contribution in [2.24, 2.45) is 0 Å². The van der Waals surface area contributed by atoms with Crippen LogP contribution in [0.5, 0.6) is 0 Å². The van der Waals surface area contributed by atoms with Crippen LogP contribution in [0.3, 0.4) is 0 Å². The molecule has 0 aliphatic carbocycles. The first-order valence-corrected chi connectivity index (χ1v) is 6.40. The Balaban J connectivity index is 2.32. The molecule has 0 atom stereocenters. The third-order valence-corrected chi connectivity index (χ3v) is 3.87. The first-order chi connectivity index (χ1) is 9.08. The van der Waals surface area contributed by atoms with Gasteiger partial charge in [-0.3, -0.25) is 0 Å². The molecular formula is C12H10N4O2S. The predicted octanol–water partition coefficient (Wildman–Crippen LogP) is 2.17. The third-order valence-electron chi connectivity index (χ3n) is 2.94. The van der Waals surface area contributed by atoms with Crippen LogP contribution >= 0.6 is 11.3 Å². The van der Waals surface area contributed by atoms with E-state index in [2.05, 4.69) is 15.3 Å². The summed E-state index contributed by atoms with van der Waals surface area (Å²) in [6.45, 7) is 3.66. The SMILES string of the molecule is Cc1ccc(C)c(-c2nn3cnnc3s2)c1C(=O)O. The maximum Gasteiger partial charge on any atom is 0.336 e. The number of carboxylic acid groups (broad SMARTS) is 1. The monoisotopic (exact) mass is 274 g/mol. The highest BCUT2D eigenvalue weighted by Crippen LogP contribution is 2.32. The number of fused-ring (bicyclic) bond motifs is 1. The molecule has 0 aliphatic heterocycles. The number of carboxylic acids is 1. The van der Waals surface area contributed by atoms with Gasteiger partial charge in [-0.15, -0.1) is 10.2 Å². The number of nitrogens with zero attached hydrogens (tertiary/aromatic N) is 4. The van der Waals surface area contributed by atoms with Gasteiger partial charge in [0.05, 0.1) is 5.56 Å². The van der Waals surface area contributed by atoms with Gasteiger partial charge in [0.2, 0.25) is 4.96 Å². The second-order valence-electron chi connectivity index (χ2n) is 4.22. The van der Waals surface area contributed by atoms with Crippen LogP contribution < -0.4 is 0 Å². The van der Waals surface area contributed by atoms with E-state index in [1.54, 1.807) is 11.4 Å². The van der Waals surface area contributed by atoms with Crippen LogP contribution in [0, 0.1) is 13.8 Å². The number of rotatable bonds is 2. The van der Waals surface area contributed by atoms with Gasteiger partial charge in [0.15, 0.2) is 0 Å². The number of aromatic nitrogens is 4. The molecule has 0 unspecified atom stereocenters. The summed E-state index contributed by atoms with van der Waals surface area (Å²) in [5.74, 6) is -0.942. The summed E-state index contributed by atoms with van der Waals surface area (Å²) in [5, 5.41) is 22.0. The average Bonchev–Trinajstić information content (AvgIpc) is 2.91. The van der Waals surface area contributed by atoms with Crippen molar-refractivity contribution in [2.45, 2.75) is 13.8 Å². The van der Waals surface area contributed by atoms with Crippen molar-refractivity contribution < 1.29 is 9.90 Å². The summed E-state index contributed by atoms with van der Waals surface area (Å²) in [5.41, 5.74) is 2.56. The van der Waals surface area contributed by atoms with E-state index in [1.807, 2.05) is 19.1 Å². The van der Waals surface area contributed by atoms with E-state index < -0.39 is 5.97 Å². The largest absolute Gasteiger partial charge is 0.478 e. The molecule has 0 amide bonds. The summed E-state index contributed by atoms with van der Waals surface area (Å²) in [6.07, 6.45) is 1.50. The third kappa shape index (κ3) is 1.78. The lowest BCUT2D eigenvalue weighted by Gasteiger charge is -2.09. The molecule has 19 heavy (non-hydrogen) atoms. The maximum absolute atomic E-state index is 11.5. The van der Waals surface area contributed by atoms with Gasteiger partial charge in [-0.1, -0.05) is 23.5 Å². The number of aromatic carboxylic acids is 1. The van der Waals surface area contributed by atoms with Crippen LogP contribution in [0.1, 0.15) is 21.5 Å². The standard InChI is InChI=1S/C12H10N4O2S/c1-6-3-4-7(2)9(11(17)18)8(6)10-15-16-5-13-14-12(16)19-10/h3-5H,1-2H3,(H,17,18). The second-order valence-corrected chi connectivity index (χ2v) is 5.18. The fraction of sp³-hybridized carbons (Fsp3) is 0.167. The number of aryl methyl sites for hydroxylation is 2. The van der Waals surface area contributed by atoms with Crippen molar-refractivity contribution in [2.75, 3.05) is 0 Å². The zero-order valence-corrected chi connectivity index (χ0v) is 11.1. The smallest absolute Gasteiger partial charge is 0.336 e. The lowest BCUT2D eigenvalue weighted by molar-refractivity contribution is 0.0697. The summed E-state index contributed by atoms with van der Waals surface area (Å²) >= 11 is 1.33. The molecule has 0 aliphatic rings. The molecule has 0 radical (unpaired) electrons. The van der Waals surface area contributed by atoms with Crippen molar-refractivity contribution >= 4 is 22.3 Å². The van der Waals surface area contributed by atoms with E-state index in [-0.39, 0.29) is 0 Å². The molecular weight excluding hydrogens is 264 g/mol. The number of benzene rings is 1. The minimum Gasteiger partial charge on any atom is -0.478 e. The summed E-state index contributed by atoms with van der Waals surface area (Å²) in [7, 11) is 0. The molecule has 2 aromatic heterocycles. The molecule has 0 saturated carbocycles. The van der Waals surface area contributed by atoms with Crippen molar-refractivity contribution in [1.29, 1.82) is 0 Å². The Labute approximate surface area is 112 Å². The minimum absolute atomic E-state index is 0.296. The molecule has 3 rings (SSSR count). The Kier molecular flexibility index (Phi) is 2.56. The van der Waals surface area contributed by atoms with Gasteiger partial charge < -0.3 is 5.11 Å². The van der Waals surface area contributed by atoms with Gasteiger partial charge in [-0.25, -0.2) is 4.79 Å². The molecule has 2 heterocycles. The highest BCUT2D eigenvalue weighted by molar-refractivity contribution is 7.19. The molecule has 6 nitrogen and oxygen atoms in total. The average molecular weight is 274 g/mol. The zero-order chi connectivity index (χ0) is 13.6. The molecule has 0 saturated heterocycles. The highest BCUT2D eigenvalue weighted by Gasteiger charge is 2.20. The fourth-order valence-corrected chi connectivity index (χ4v) is 2.96. The lowest BCUT2D eigenvalue weighted by Crippen LogP contribution is -2.04. The molecule has 0 bridgehead atoms. The van der Waals surface area contributed by atoms with E-state index in [9.17, 15) is 9.90 Å². The first kappa shape index (κ1) is 11.8. The number of carbonyl (C=O) groups is 1. The Bertz CT molecular complexity index is 762. The normalized spacial score (nSPS) is 11.1. The maximum atomic E-state index is 11.5. The number of hydrogen-bond acceptors (Lipinski definition) is 5. The summed E-state index contributed by atoms with van der Waals surface area (Å²) < 4.78 is 1.55. The van der Waals surface area contributed by atoms with Crippen LogP contribution in [-0.4, -0.2) is 30.9 Å². The molecule has 0 fully saturated rings. The Morgan fingerprint density at radius 3 is 2.74 bits per heavy atom. The zero-order valence-electron chi connectivity index (χ0n) is 10.3. The molecule has 7 heteroatoms. The fourth-order valence-electron chi connectivity index (χ4n) is 2.02. The second kappa shape index (κ2) is 4.13. The van der Waals surface area contributed by atoms with Crippen LogP contribution in [0.25, 0.3) is 15.5 Å². The quantitative estimate of drug-likeness (QED) is 0.774. The molecule has 0 spiro atoms. The topological polar surface area (TPSA) is 80.4 Å². The van der Waals surface area contributed by atoms with E-state index in [0.717, 1.165) is 11.1 Å².